The Labute approximate surface area is 158 Å². The van der Waals surface area contributed by atoms with Crippen LogP contribution < -0.4 is 15.4 Å². The number of rotatable bonds is 5. The molecule has 2 amide bonds. The molecular weight excluding hydrogens is 340 g/mol. The molecular formula is C22H22N2O3. The maximum atomic E-state index is 12.8. The predicted octanol–water partition coefficient (Wildman–Crippen LogP) is 4.70. The van der Waals surface area contributed by atoms with Crippen molar-refractivity contribution in [2.75, 3.05) is 17.7 Å². The molecule has 0 saturated heterocycles. The summed E-state index contributed by atoms with van der Waals surface area (Å²) in [5.41, 5.74) is 1.68. The summed E-state index contributed by atoms with van der Waals surface area (Å²) in [6.45, 7) is 3.65. The van der Waals surface area contributed by atoms with Gasteiger partial charge in [-0.15, -0.1) is 0 Å². The van der Waals surface area contributed by atoms with E-state index in [9.17, 15) is 9.59 Å². The van der Waals surface area contributed by atoms with Crippen LogP contribution in [0.15, 0.2) is 60.7 Å². The molecule has 0 aliphatic rings. The molecule has 0 radical (unpaired) electrons. The third-order valence-corrected chi connectivity index (χ3v) is 4.22. The van der Waals surface area contributed by atoms with Gasteiger partial charge in [0.2, 0.25) is 5.91 Å². The van der Waals surface area contributed by atoms with Crippen molar-refractivity contribution < 1.29 is 14.3 Å². The van der Waals surface area contributed by atoms with Gasteiger partial charge in [0.1, 0.15) is 5.75 Å². The Morgan fingerprint density at radius 1 is 0.852 bits per heavy atom. The van der Waals surface area contributed by atoms with Crippen LogP contribution in [0.2, 0.25) is 0 Å². The summed E-state index contributed by atoms with van der Waals surface area (Å²) in [4.78, 5) is 24.7. The van der Waals surface area contributed by atoms with E-state index in [0.717, 1.165) is 10.8 Å². The lowest BCUT2D eigenvalue weighted by atomic mass is 10.1. The van der Waals surface area contributed by atoms with Gasteiger partial charge in [-0.2, -0.15) is 0 Å². The van der Waals surface area contributed by atoms with Crippen LogP contribution in [0.5, 0.6) is 5.75 Å². The van der Waals surface area contributed by atoms with Gasteiger partial charge in [0.25, 0.3) is 5.91 Å². The Morgan fingerprint density at radius 2 is 1.48 bits per heavy atom. The van der Waals surface area contributed by atoms with Crippen LogP contribution in [0.25, 0.3) is 10.8 Å². The number of carbonyl (C=O) groups excluding carboxylic acids is 2. The molecule has 0 aromatic heterocycles. The molecule has 0 heterocycles. The Balaban J connectivity index is 1.85. The van der Waals surface area contributed by atoms with Gasteiger partial charge in [-0.25, -0.2) is 0 Å². The minimum Gasteiger partial charge on any atom is -0.496 e. The molecule has 27 heavy (non-hydrogen) atoms. The quantitative estimate of drug-likeness (QED) is 0.691. The highest BCUT2D eigenvalue weighted by molar-refractivity contribution is 6.09. The number of nitrogens with one attached hydrogen (secondary N) is 2. The van der Waals surface area contributed by atoms with Gasteiger partial charge in [-0.05, 0) is 41.1 Å². The van der Waals surface area contributed by atoms with Gasteiger partial charge in [0.15, 0.2) is 0 Å². The van der Waals surface area contributed by atoms with E-state index < -0.39 is 0 Å². The number of hydrogen-bond donors (Lipinski definition) is 2. The lowest BCUT2D eigenvalue weighted by Crippen LogP contribution is -2.18. The second-order valence-corrected chi connectivity index (χ2v) is 6.58. The molecule has 2 N–H and O–H groups in total. The van der Waals surface area contributed by atoms with E-state index in [2.05, 4.69) is 10.6 Å². The van der Waals surface area contributed by atoms with Crippen molar-refractivity contribution in [3.8, 4) is 5.75 Å². The normalized spacial score (nSPS) is 10.7. The van der Waals surface area contributed by atoms with Crippen molar-refractivity contribution in [3.63, 3.8) is 0 Å². The van der Waals surface area contributed by atoms with Crippen LogP contribution in [-0.2, 0) is 4.79 Å². The number of methoxy groups -OCH3 is 1. The topological polar surface area (TPSA) is 67.4 Å². The summed E-state index contributed by atoms with van der Waals surface area (Å²) in [7, 11) is 1.54. The molecule has 3 aromatic carbocycles. The van der Waals surface area contributed by atoms with E-state index in [1.165, 1.54) is 0 Å². The summed E-state index contributed by atoms with van der Waals surface area (Å²) in [6, 6.07) is 18.5. The fourth-order valence-corrected chi connectivity index (χ4v) is 2.73. The average Bonchev–Trinajstić information content (AvgIpc) is 2.67. The van der Waals surface area contributed by atoms with Gasteiger partial charge in [-0.3, -0.25) is 9.59 Å². The lowest BCUT2D eigenvalue weighted by molar-refractivity contribution is -0.118. The standard InChI is InChI=1S/C22H22N2O3/c1-14(2)21(25)23-17-9-6-10-18(13-17)24-22(26)19-11-15-7-4-5-8-16(15)12-20(19)27-3/h4-14H,1-3H3,(H,23,25)(H,24,26). The van der Waals surface area contributed by atoms with E-state index in [1.807, 2.05) is 50.2 Å². The molecule has 0 unspecified atom stereocenters. The first-order chi connectivity index (χ1) is 13.0. The van der Waals surface area contributed by atoms with E-state index in [4.69, 9.17) is 4.74 Å². The highest BCUT2D eigenvalue weighted by Gasteiger charge is 2.14. The fourth-order valence-electron chi connectivity index (χ4n) is 2.73. The van der Waals surface area contributed by atoms with Crippen LogP contribution in [0.4, 0.5) is 11.4 Å². The minimum atomic E-state index is -0.273. The van der Waals surface area contributed by atoms with Crippen LogP contribution in [0.1, 0.15) is 24.2 Å². The van der Waals surface area contributed by atoms with Crippen LogP contribution >= 0.6 is 0 Å². The first-order valence-corrected chi connectivity index (χ1v) is 8.77. The van der Waals surface area contributed by atoms with Gasteiger partial charge in [0.05, 0.1) is 12.7 Å². The van der Waals surface area contributed by atoms with Crippen molar-refractivity contribution in [2.45, 2.75) is 13.8 Å². The number of fused-ring (bicyclic) bond motifs is 1. The van der Waals surface area contributed by atoms with Gasteiger partial charge < -0.3 is 15.4 Å². The zero-order valence-corrected chi connectivity index (χ0v) is 15.6. The van der Waals surface area contributed by atoms with E-state index in [1.54, 1.807) is 31.4 Å². The van der Waals surface area contributed by atoms with Crippen molar-refractivity contribution in [1.82, 2.24) is 0 Å². The number of hydrogen-bond acceptors (Lipinski definition) is 3. The van der Waals surface area contributed by atoms with Crippen molar-refractivity contribution >= 4 is 34.0 Å². The van der Waals surface area contributed by atoms with Gasteiger partial charge in [-0.1, -0.05) is 44.2 Å². The van der Waals surface area contributed by atoms with Gasteiger partial charge >= 0.3 is 0 Å². The van der Waals surface area contributed by atoms with Crippen molar-refractivity contribution in [2.24, 2.45) is 5.92 Å². The second-order valence-electron chi connectivity index (χ2n) is 6.58. The molecule has 0 saturated carbocycles. The first-order valence-electron chi connectivity index (χ1n) is 8.77. The summed E-state index contributed by atoms with van der Waals surface area (Å²) in [5, 5.41) is 7.66. The smallest absolute Gasteiger partial charge is 0.259 e. The zero-order valence-electron chi connectivity index (χ0n) is 15.6. The van der Waals surface area contributed by atoms with Crippen LogP contribution in [-0.4, -0.2) is 18.9 Å². The zero-order chi connectivity index (χ0) is 19.4. The SMILES string of the molecule is COc1cc2ccccc2cc1C(=O)Nc1cccc(NC(=O)C(C)C)c1. The predicted molar refractivity (Wildman–Crippen MR) is 108 cm³/mol. The van der Waals surface area contributed by atoms with E-state index >= 15 is 0 Å². The van der Waals surface area contributed by atoms with E-state index in [-0.39, 0.29) is 17.7 Å². The van der Waals surface area contributed by atoms with E-state index in [0.29, 0.717) is 22.7 Å². The molecule has 0 bridgehead atoms. The monoisotopic (exact) mass is 362 g/mol. The third kappa shape index (κ3) is 4.26. The molecule has 0 aliphatic carbocycles. The molecule has 0 spiro atoms. The summed E-state index contributed by atoms with van der Waals surface area (Å²) >= 11 is 0. The van der Waals surface area contributed by atoms with Gasteiger partial charge in [0, 0.05) is 17.3 Å². The van der Waals surface area contributed by atoms with Crippen LogP contribution in [0, 0.1) is 5.92 Å². The Kier molecular flexibility index (Phi) is 5.41. The first kappa shape index (κ1) is 18.5. The number of carbonyl (C=O) groups is 2. The number of amides is 2. The molecule has 138 valence electrons. The summed E-state index contributed by atoms with van der Waals surface area (Å²) in [6.07, 6.45) is 0. The maximum absolute atomic E-state index is 12.8. The maximum Gasteiger partial charge on any atom is 0.259 e. The minimum absolute atomic E-state index is 0.0744. The average molecular weight is 362 g/mol. The summed E-state index contributed by atoms with van der Waals surface area (Å²) in [5.74, 6) is 0.0418. The molecule has 3 rings (SSSR count). The number of benzene rings is 3. The molecule has 0 atom stereocenters. The Hall–Kier alpha value is -3.34. The third-order valence-electron chi connectivity index (χ3n) is 4.22. The largest absolute Gasteiger partial charge is 0.496 e. The highest BCUT2D eigenvalue weighted by atomic mass is 16.5. The molecule has 3 aromatic rings. The molecule has 0 aliphatic heterocycles. The lowest BCUT2D eigenvalue weighted by Gasteiger charge is -2.12. The Bertz CT molecular complexity index is 996. The molecule has 5 nitrogen and oxygen atoms in total. The van der Waals surface area contributed by atoms with Crippen LogP contribution in [0.3, 0.4) is 0 Å². The van der Waals surface area contributed by atoms with Crippen molar-refractivity contribution in [1.29, 1.82) is 0 Å². The number of anilines is 2. The Morgan fingerprint density at radius 3 is 2.11 bits per heavy atom. The fraction of sp³-hybridized carbons (Fsp3) is 0.182. The van der Waals surface area contributed by atoms with Crippen molar-refractivity contribution in [3.05, 3.63) is 66.2 Å². The molecule has 0 fully saturated rings. The number of ether oxygens (including phenoxy) is 1. The molecule has 5 heteroatoms. The highest BCUT2D eigenvalue weighted by Crippen LogP contribution is 2.27. The second kappa shape index (κ2) is 7.91. The summed E-state index contributed by atoms with van der Waals surface area (Å²) < 4.78 is 5.40.